The maximum absolute atomic E-state index is 14.0. The minimum atomic E-state index is -3.84. The molecule has 0 bridgehead atoms. The maximum Gasteiger partial charge on any atom is 0.185 e. The zero-order chi connectivity index (χ0) is 21.3. The Morgan fingerprint density at radius 1 is 1.13 bits per heavy atom. The van der Waals surface area contributed by atoms with Crippen molar-refractivity contribution in [3.63, 3.8) is 0 Å². The molecule has 4 nitrogen and oxygen atoms in total. The molecule has 30 heavy (non-hydrogen) atoms. The van der Waals surface area contributed by atoms with E-state index in [0.29, 0.717) is 32.0 Å². The van der Waals surface area contributed by atoms with E-state index >= 15 is 0 Å². The molecular formula is C22H22F2N2O2S2. The largest absolute Gasteiger partial charge is 0.348 e. The number of hydrogen-bond donors (Lipinski definition) is 0. The highest BCUT2D eigenvalue weighted by Gasteiger charge is 2.34. The lowest BCUT2D eigenvalue weighted by atomic mass is 10.1. The van der Waals surface area contributed by atoms with Crippen LogP contribution in [0.5, 0.6) is 0 Å². The number of piperidine rings is 1. The molecule has 0 aliphatic carbocycles. The van der Waals surface area contributed by atoms with Gasteiger partial charge in [0.2, 0.25) is 0 Å². The van der Waals surface area contributed by atoms with E-state index in [2.05, 4.69) is 24.0 Å². The van der Waals surface area contributed by atoms with E-state index in [9.17, 15) is 17.2 Å². The van der Waals surface area contributed by atoms with Crippen LogP contribution >= 0.6 is 11.3 Å². The van der Waals surface area contributed by atoms with Gasteiger partial charge in [-0.15, -0.1) is 11.3 Å². The number of sulfone groups is 1. The van der Waals surface area contributed by atoms with Gasteiger partial charge in [-0.05, 0) is 43.0 Å². The molecular weight excluding hydrogens is 426 g/mol. The number of halogens is 2. The zero-order valence-electron chi connectivity index (χ0n) is 16.5. The van der Waals surface area contributed by atoms with Gasteiger partial charge in [0.25, 0.3) is 0 Å². The smallest absolute Gasteiger partial charge is 0.185 e. The van der Waals surface area contributed by atoms with Crippen LogP contribution in [0.15, 0.2) is 52.7 Å². The Labute approximate surface area is 179 Å². The molecule has 1 aromatic heterocycles. The molecule has 8 heteroatoms. The summed E-state index contributed by atoms with van der Waals surface area (Å²) >= 11 is 1.55. The van der Waals surface area contributed by atoms with Crippen LogP contribution in [-0.2, 0) is 16.3 Å². The monoisotopic (exact) mass is 448 g/mol. The number of nitrogens with zero attached hydrogens (tertiary/aromatic N) is 2. The quantitative estimate of drug-likeness (QED) is 0.528. The van der Waals surface area contributed by atoms with Crippen molar-refractivity contribution in [3.8, 4) is 0 Å². The summed E-state index contributed by atoms with van der Waals surface area (Å²) in [4.78, 5) is 6.40. The molecule has 1 fully saturated rings. The molecule has 0 atom stereocenters. The second-order valence-corrected chi connectivity index (χ2v) is 10.6. The number of aromatic nitrogens is 1. The van der Waals surface area contributed by atoms with Crippen LogP contribution in [0.4, 0.5) is 13.9 Å². The van der Waals surface area contributed by atoms with Crippen molar-refractivity contribution < 1.29 is 17.2 Å². The molecule has 1 aliphatic heterocycles. The van der Waals surface area contributed by atoms with Gasteiger partial charge >= 0.3 is 0 Å². The SMILES string of the molecule is Cc1ccccc1Cc1csc(N2CCC(S(=O)(=O)c3ccc(F)cc3F)CC2)n1. The molecule has 0 radical (unpaired) electrons. The topological polar surface area (TPSA) is 50.3 Å². The third-order valence-electron chi connectivity index (χ3n) is 5.52. The van der Waals surface area contributed by atoms with Gasteiger partial charge in [-0.1, -0.05) is 24.3 Å². The van der Waals surface area contributed by atoms with Gasteiger partial charge in [-0.2, -0.15) is 0 Å². The second kappa shape index (κ2) is 8.43. The number of anilines is 1. The first kappa shape index (κ1) is 20.9. The summed E-state index contributed by atoms with van der Waals surface area (Å²) in [6.45, 7) is 3.14. The van der Waals surface area contributed by atoms with Crippen molar-refractivity contribution in [2.75, 3.05) is 18.0 Å². The molecule has 0 unspecified atom stereocenters. The first-order valence-corrected chi connectivity index (χ1v) is 12.2. The van der Waals surface area contributed by atoms with Gasteiger partial charge in [-0.3, -0.25) is 0 Å². The summed E-state index contributed by atoms with van der Waals surface area (Å²) in [7, 11) is -3.84. The van der Waals surface area contributed by atoms with Crippen LogP contribution in [0, 0.1) is 18.6 Å². The van der Waals surface area contributed by atoms with Gasteiger partial charge in [0.15, 0.2) is 15.0 Å². The number of aryl methyl sites for hydroxylation is 1. The summed E-state index contributed by atoms with van der Waals surface area (Å²) in [5.74, 6) is -1.82. The van der Waals surface area contributed by atoms with Crippen molar-refractivity contribution in [1.29, 1.82) is 0 Å². The van der Waals surface area contributed by atoms with Gasteiger partial charge in [0.05, 0.1) is 10.9 Å². The lowest BCUT2D eigenvalue weighted by Crippen LogP contribution is -2.39. The molecule has 158 valence electrons. The summed E-state index contributed by atoms with van der Waals surface area (Å²) in [5, 5.41) is 2.24. The van der Waals surface area contributed by atoms with Crippen LogP contribution < -0.4 is 4.90 Å². The summed E-state index contributed by atoms with van der Waals surface area (Å²) in [6.07, 6.45) is 1.52. The predicted octanol–water partition coefficient (Wildman–Crippen LogP) is 4.76. The average molecular weight is 449 g/mol. The van der Waals surface area contributed by atoms with Crippen molar-refractivity contribution in [2.45, 2.75) is 36.3 Å². The van der Waals surface area contributed by atoms with E-state index in [1.807, 2.05) is 17.5 Å². The summed E-state index contributed by atoms with van der Waals surface area (Å²) < 4.78 is 52.8. The lowest BCUT2D eigenvalue weighted by molar-refractivity contribution is 0.516. The fraction of sp³-hybridized carbons (Fsp3) is 0.318. The highest BCUT2D eigenvalue weighted by atomic mass is 32.2. The first-order chi connectivity index (χ1) is 14.3. The third kappa shape index (κ3) is 4.25. The molecule has 4 rings (SSSR count). The number of hydrogen-bond acceptors (Lipinski definition) is 5. The lowest BCUT2D eigenvalue weighted by Gasteiger charge is -2.31. The Morgan fingerprint density at radius 3 is 2.57 bits per heavy atom. The molecule has 0 spiro atoms. The van der Waals surface area contributed by atoms with E-state index in [4.69, 9.17) is 4.98 Å². The Kier molecular flexibility index (Phi) is 5.88. The second-order valence-electron chi connectivity index (χ2n) is 7.53. The van der Waals surface area contributed by atoms with Crippen molar-refractivity contribution >= 4 is 26.3 Å². The van der Waals surface area contributed by atoms with Crippen LogP contribution in [0.25, 0.3) is 0 Å². The Balaban J connectivity index is 1.42. The van der Waals surface area contributed by atoms with Crippen LogP contribution in [-0.4, -0.2) is 31.7 Å². The number of benzene rings is 2. The molecule has 3 aromatic rings. The molecule has 1 aliphatic rings. The standard InChI is InChI=1S/C22H22F2N2O2S2/c1-15-4-2-3-5-16(15)12-18-14-29-22(25-18)26-10-8-19(9-11-26)30(27,28)21-7-6-17(23)13-20(21)24/h2-7,13-14,19H,8-12H2,1H3. The summed E-state index contributed by atoms with van der Waals surface area (Å²) in [5.41, 5.74) is 3.46. The predicted molar refractivity (Wildman–Crippen MR) is 115 cm³/mol. The molecule has 2 heterocycles. The van der Waals surface area contributed by atoms with E-state index in [0.717, 1.165) is 29.4 Å². The molecule has 0 saturated carbocycles. The molecule has 0 N–H and O–H groups in total. The Hall–Kier alpha value is -2.32. The maximum atomic E-state index is 14.0. The highest BCUT2D eigenvalue weighted by molar-refractivity contribution is 7.92. The fourth-order valence-electron chi connectivity index (χ4n) is 3.77. The zero-order valence-corrected chi connectivity index (χ0v) is 18.1. The molecule has 2 aromatic carbocycles. The molecule has 0 amide bonds. The third-order valence-corrected chi connectivity index (χ3v) is 8.77. The number of thiazole rings is 1. The molecule has 1 saturated heterocycles. The van der Waals surface area contributed by atoms with Crippen molar-refractivity contribution in [2.24, 2.45) is 0 Å². The first-order valence-electron chi connectivity index (χ1n) is 9.77. The van der Waals surface area contributed by atoms with Crippen molar-refractivity contribution in [1.82, 2.24) is 4.98 Å². The van der Waals surface area contributed by atoms with Gasteiger partial charge in [0, 0.05) is 31.0 Å². The van der Waals surface area contributed by atoms with E-state index in [-0.39, 0.29) is 0 Å². The van der Waals surface area contributed by atoms with Crippen LogP contribution in [0.2, 0.25) is 0 Å². The van der Waals surface area contributed by atoms with Crippen molar-refractivity contribution in [3.05, 3.63) is 76.3 Å². The normalized spacial score (nSPS) is 15.5. The average Bonchev–Trinajstić information content (AvgIpc) is 3.18. The fourth-order valence-corrected chi connectivity index (χ4v) is 6.43. The van der Waals surface area contributed by atoms with Gasteiger partial charge in [0.1, 0.15) is 16.5 Å². The Morgan fingerprint density at radius 2 is 1.87 bits per heavy atom. The van der Waals surface area contributed by atoms with E-state index in [1.54, 1.807) is 11.3 Å². The van der Waals surface area contributed by atoms with E-state index < -0.39 is 31.6 Å². The number of rotatable bonds is 5. The Bertz CT molecular complexity index is 1150. The van der Waals surface area contributed by atoms with Gasteiger partial charge in [-0.25, -0.2) is 22.2 Å². The van der Waals surface area contributed by atoms with E-state index in [1.165, 1.54) is 11.1 Å². The van der Waals surface area contributed by atoms with Gasteiger partial charge < -0.3 is 4.90 Å². The summed E-state index contributed by atoms with van der Waals surface area (Å²) in [6, 6.07) is 10.8. The minimum Gasteiger partial charge on any atom is -0.348 e. The minimum absolute atomic E-state index is 0.381. The highest BCUT2D eigenvalue weighted by Crippen LogP contribution is 2.30. The van der Waals surface area contributed by atoms with Crippen LogP contribution in [0.1, 0.15) is 29.7 Å². The van der Waals surface area contributed by atoms with Crippen LogP contribution in [0.3, 0.4) is 0 Å².